The molecule has 0 atom stereocenters. The number of aromatic amines is 1. The highest BCUT2D eigenvalue weighted by Crippen LogP contribution is 2.03. The SMILES string of the molecule is Cc1nc(N/N=C\c2ccc(C(=O)O)cc2)[nH]c(=O)c1C. The van der Waals surface area contributed by atoms with E-state index in [-0.39, 0.29) is 17.1 Å². The Balaban J connectivity index is 2.09. The first kappa shape index (κ1) is 14.4. The number of aromatic carboxylic acids is 1. The van der Waals surface area contributed by atoms with Crippen LogP contribution in [0.3, 0.4) is 0 Å². The minimum Gasteiger partial charge on any atom is -0.478 e. The maximum Gasteiger partial charge on any atom is 0.335 e. The highest BCUT2D eigenvalue weighted by atomic mass is 16.4. The molecular weight excluding hydrogens is 272 g/mol. The van der Waals surface area contributed by atoms with Crippen LogP contribution in [0.2, 0.25) is 0 Å². The van der Waals surface area contributed by atoms with Crippen molar-refractivity contribution < 1.29 is 9.90 Å². The van der Waals surface area contributed by atoms with Gasteiger partial charge in [0.2, 0.25) is 5.95 Å². The van der Waals surface area contributed by atoms with Crippen molar-refractivity contribution in [1.82, 2.24) is 9.97 Å². The first-order valence-corrected chi connectivity index (χ1v) is 6.17. The van der Waals surface area contributed by atoms with Crippen LogP contribution in [0, 0.1) is 13.8 Å². The van der Waals surface area contributed by atoms with Crippen molar-refractivity contribution >= 4 is 18.1 Å². The summed E-state index contributed by atoms with van der Waals surface area (Å²) in [4.78, 5) is 29.0. The van der Waals surface area contributed by atoms with Gasteiger partial charge >= 0.3 is 5.97 Å². The zero-order chi connectivity index (χ0) is 15.4. The van der Waals surface area contributed by atoms with Crippen molar-refractivity contribution in [2.45, 2.75) is 13.8 Å². The number of benzene rings is 1. The number of hydrazone groups is 1. The van der Waals surface area contributed by atoms with E-state index in [4.69, 9.17) is 5.11 Å². The maximum atomic E-state index is 11.6. The lowest BCUT2D eigenvalue weighted by molar-refractivity contribution is 0.0697. The predicted molar refractivity (Wildman–Crippen MR) is 78.9 cm³/mol. The lowest BCUT2D eigenvalue weighted by atomic mass is 10.1. The van der Waals surface area contributed by atoms with Gasteiger partial charge in [0.1, 0.15) is 0 Å². The smallest absolute Gasteiger partial charge is 0.335 e. The minimum atomic E-state index is -0.978. The number of H-pyrrole nitrogens is 1. The molecule has 2 aromatic rings. The standard InChI is InChI=1S/C14H14N4O3/c1-8-9(2)16-14(17-12(8)19)18-15-7-10-3-5-11(6-4-10)13(20)21/h3-7H,1-2H3,(H,20,21)(H2,16,17,18,19)/b15-7-. The molecule has 1 aromatic heterocycles. The molecule has 1 aromatic carbocycles. The topological polar surface area (TPSA) is 107 Å². The number of aromatic nitrogens is 2. The van der Waals surface area contributed by atoms with E-state index in [2.05, 4.69) is 20.5 Å². The van der Waals surface area contributed by atoms with Crippen molar-refractivity contribution in [2.24, 2.45) is 5.10 Å². The normalized spacial score (nSPS) is 10.8. The molecule has 0 aliphatic rings. The molecule has 0 aliphatic carbocycles. The molecule has 1 heterocycles. The summed E-state index contributed by atoms with van der Waals surface area (Å²) in [6, 6.07) is 6.23. The zero-order valence-electron chi connectivity index (χ0n) is 11.5. The monoisotopic (exact) mass is 286 g/mol. The number of carboxylic acids is 1. The first-order chi connectivity index (χ1) is 9.97. The fourth-order valence-electron chi connectivity index (χ4n) is 1.58. The van der Waals surface area contributed by atoms with Crippen molar-refractivity contribution in [1.29, 1.82) is 0 Å². The summed E-state index contributed by atoms with van der Waals surface area (Å²) < 4.78 is 0. The Kier molecular flexibility index (Phi) is 4.13. The van der Waals surface area contributed by atoms with Crippen LogP contribution < -0.4 is 11.0 Å². The molecule has 3 N–H and O–H groups in total. The van der Waals surface area contributed by atoms with Crippen molar-refractivity contribution in [3.63, 3.8) is 0 Å². The van der Waals surface area contributed by atoms with Gasteiger partial charge in [0.25, 0.3) is 5.56 Å². The average Bonchev–Trinajstić information content (AvgIpc) is 2.45. The maximum absolute atomic E-state index is 11.6. The molecule has 0 radical (unpaired) electrons. The Bertz CT molecular complexity index is 748. The molecule has 0 spiro atoms. The predicted octanol–water partition coefficient (Wildman–Crippen LogP) is 1.53. The van der Waals surface area contributed by atoms with Gasteiger partial charge < -0.3 is 5.11 Å². The number of rotatable bonds is 4. The molecule has 7 heteroatoms. The second-order valence-electron chi connectivity index (χ2n) is 4.42. The summed E-state index contributed by atoms with van der Waals surface area (Å²) in [6.07, 6.45) is 1.50. The molecule has 2 rings (SSSR count). The molecule has 0 aliphatic heterocycles. The second-order valence-corrected chi connectivity index (χ2v) is 4.42. The van der Waals surface area contributed by atoms with Crippen LogP contribution >= 0.6 is 0 Å². The third kappa shape index (κ3) is 3.53. The fourth-order valence-corrected chi connectivity index (χ4v) is 1.58. The van der Waals surface area contributed by atoms with Gasteiger partial charge in [-0.25, -0.2) is 15.2 Å². The van der Waals surface area contributed by atoms with E-state index in [1.807, 2.05) is 0 Å². The summed E-state index contributed by atoms with van der Waals surface area (Å²) in [5, 5.41) is 12.7. The van der Waals surface area contributed by atoms with Crippen LogP contribution in [-0.2, 0) is 0 Å². The van der Waals surface area contributed by atoms with E-state index in [9.17, 15) is 9.59 Å². The Morgan fingerprint density at radius 3 is 2.57 bits per heavy atom. The minimum absolute atomic E-state index is 0.209. The number of carbonyl (C=O) groups is 1. The number of hydrogen-bond acceptors (Lipinski definition) is 5. The van der Waals surface area contributed by atoms with E-state index in [1.165, 1.54) is 18.3 Å². The van der Waals surface area contributed by atoms with Gasteiger partial charge in [-0.05, 0) is 31.5 Å². The van der Waals surface area contributed by atoms with Crippen LogP contribution in [0.5, 0.6) is 0 Å². The lowest BCUT2D eigenvalue weighted by Crippen LogP contribution is -2.15. The zero-order valence-corrected chi connectivity index (χ0v) is 11.5. The Labute approximate surface area is 120 Å². The van der Waals surface area contributed by atoms with Gasteiger partial charge in [0, 0.05) is 11.3 Å². The summed E-state index contributed by atoms with van der Waals surface area (Å²) in [6.45, 7) is 3.43. The Morgan fingerprint density at radius 2 is 2.00 bits per heavy atom. The number of nitrogens with one attached hydrogen (secondary N) is 2. The third-order valence-electron chi connectivity index (χ3n) is 2.94. The molecule has 0 amide bonds. The molecular formula is C14H14N4O3. The highest BCUT2D eigenvalue weighted by Gasteiger charge is 2.02. The van der Waals surface area contributed by atoms with Crippen LogP contribution in [0.1, 0.15) is 27.2 Å². The van der Waals surface area contributed by atoms with E-state index in [0.29, 0.717) is 11.3 Å². The van der Waals surface area contributed by atoms with Gasteiger partial charge in [0.05, 0.1) is 11.8 Å². The Morgan fingerprint density at radius 1 is 1.33 bits per heavy atom. The number of aryl methyl sites for hydroxylation is 1. The van der Waals surface area contributed by atoms with Crippen molar-refractivity contribution in [3.8, 4) is 0 Å². The quantitative estimate of drug-likeness (QED) is 0.583. The van der Waals surface area contributed by atoms with Gasteiger partial charge in [-0.1, -0.05) is 12.1 Å². The van der Waals surface area contributed by atoms with E-state index < -0.39 is 5.97 Å². The van der Waals surface area contributed by atoms with Gasteiger partial charge in [0.15, 0.2) is 0 Å². The molecule has 0 bridgehead atoms. The summed E-state index contributed by atoms with van der Waals surface area (Å²) in [7, 11) is 0. The summed E-state index contributed by atoms with van der Waals surface area (Å²) in [5.74, 6) is -0.727. The molecule has 0 saturated carbocycles. The van der Waals surface area contributed by atoms with Crippen molar-refractivity contribution in [3.05, 3.63) is 57.0 Å². The van der Waals surface area contributed by atoms with Crippen LogP contribution in [0.4, 0.5) is 5.95 Å². The second kappa shape index (κ2) is 6.00. The summed E-state index contributed by atoms with van der Waals surface area (Å²) in [5.41, 5.74) is 4.53. The van der Waals surface area contributed by atoms with Crippen LogP contribution in [0.15, 0.2) is 34.2 Å². The number of anilines is 1. The van der Waals surface area contributed by atoms with E-state index in [0.717, 1.165) is 5.56 Å². The van der Waals surface area contributed by atoms with Gasteiger partial charge in [-0.15, -0.1) is 0 Å². The molecule has 7 nitrogen and oxygen atoms in total. The van der Waals surface area contributed by atoms with Crippen LogP contribution in [-0.4, -0.2) is 27.3 Å². The number of hydrogen-bond donors (Lipinski definition) is 3. The lowest BCUT2D eigenvalue weighted by Gasteiger charge is -2.02. The Hall–Kier alpha value is -2.96. The summed E-state index contributed by atoms with van der Waals surface area (Å²) >= 11 is 0. The molecule has 0 unspecified atom stereocenters. The molecule has 108 valence electrons. The van der Waals surface area contributed by atoms with Gasteiger partial charge in [-0.2, -0.15) is 5.10 Å². The van der Waals surface area contributed by atoms with Crippen molar-refractivity contribution in [2.75, 3.05) is 5.43 Å². The fraction of sp³-hybridized carbons (Fsp3) is 0.143. The average molecular weight is 286 g/mol. The van der Waals surface area contributed by atoms with Gasteiger partial charge in [-0.3, -0.25) is 9.78 Å². The van der Waals surface area contributed by atoms with E-state index in [1.54, 1.807) is 26.0 Å². The third-order valence-corrected chi connectivity index (χ3v) is 2.94. The molecule has 0 fully saturated rings. The molecule has 21 heavy (non-hydrogen) atoms. The van der Waals surface area contributed by atoms with Crippen LogP contribution in [0.25, 0.3) is 0 Å². The highest BCUT2D eigenvalue weighted by molar-refractivity contribution is 5.89. The molecule has 0 saturated heterocycles. The first-order valence-electron chi connectivity index (χ1n) is 6.17. The van der Waals surface area contributed by atoms with E-state index >= 15 is 0 Å². The largest absolute Gasteiger partial charge is 0.478 e. The number of carboxylic acid groups (broad SMARTS) is 1. The number of nitrogens with zero attached hydrogens (tertiary/aromatic N) is 2.